The first kappa shape index (κ1) is 22.1. The average molecular weight is 459 g/mol. The number of hydrogen-bond donors (Lipinski definition) is 3. The molecule has 0 aliphatic carbocycles. The van der Waals surface area contributed by atoms with E-state index in [0.29, 0.717) is 29.9 Å². The Bertz CT molecular complexity index is 960. The molecule has 10 nitrogen and oxygen atoms in total. The Morgan fingerprint density at radius 2 is 2.03 bits per heavy atom. The molecular weight excluding hydrogens is 428 g/mol. The Hall–Kier alpha value is -2.66. The summed E-state index contributed by atoms with van der Waals surface area (Å²) in [6, 6.07) is 7.05. The number of hydrogen-bond acceptors (Lipinski definition) is 9. The fourth-order valence-corrected chi connectivity index (χ4v) is 4.47. The van der Waals surface area contributed by atoms with E-state index in [2.05, 4.69) is 20.7 Å². The molecule has 178 valence electrons. The number of aromatic nitrogens is 1. The average Bonchev–Trinajstić information content (AvgIpc) is 3.48. The van der Waals surface area contributed by atoms with Gasteiger partial charge in [0.2, 0.25) is 6.79 Å². The highest BCUT2D eigenvalue weighted by Crippen LogP contribution is 2.32. The number of aliphatic hydroxyl groups excluding tert-OH is 1. The van der Waals surface area contributed by atoms with Gasteiger partial charge in [0.15, 0.2) is 17.3 Å². The number of fused-ring (bicyclic) bond motifs is 1. The standard InChI is InChI=1S/C23H30N4O6/c28-19-3-2-17(10-16-11-18(33-26-16)13-27-7-5-24-6-8-27)32-22(19)12-25-23(29)15-1-4-20-21(9-15)31-14-30-20/h1,4,9,11,17,19,22,24,28H,2-3,5-8,10,12-14H2,(H,25,29)/t17-,19-,22+/m0/s1. The van der Waals surface area contributed by atoms with Crippen LogP contribution >= 0.6 is 0 Å². The third-order valence-electron chi connectivity index (χ3n) is 6.31. The number of nitrogens with zero attached hydrogens (tertiary/aromatic N) is 2. The smallest absolute Gasteiger partial charge is 0.251 e. The molecular formula is C23H30N4O6. The highest BCUT2D eigenvalue weighted by atomic mass is 16.7. The normalized spacial score (nSPS) is 25.2. The summed E-state index contributed by atoms with van der Waals surface area (Å²) in [5.41, 5.74) is 1.32. The largest absolute Gasteiger partial charge is 0.454 e. The monoisotopic (exact) mass is 458 g/mol. The van der Waals surface area contributed by atoms with Gasteiger partial charge in [-0.3, -0.25) is 9.69 Å². The van der Waals surface area contributed by atoms with Crippen molar-refractivity contribution in [1.29, 1.82) is 0 Å². The van der Waals surface area contributed by atoms with Crippen LogP contribution in [0.3, 0.4) is 0 Å². The molecule has 0 bridgehead atoms. The number of nitrogens with one attached hydrogen (secondary N) is 2. The van der Waals surface area contributed by atoms with Gasteiger partial charge in [-0.25, -0.2) is 0 Å². The summed E-state index contributed by atoms with van der Waals surface area (Å²) in [5, 5.41) is 20.8. The molecule has 1 amide bonds. The van der Waals surface area contributed by atoms with E-state index in [-0.39, 0.29) is 25.3 Å². The summed E-state index contributed by atoms with van der Waals surface area (Å²) in [5.74, 6) is 1.79. The van der Waals surface area contributed by atoms with Crippen molar-refractivity contribution in [3.8, 4) is 11.5 Å². The molecule has 33 heavy (non-hydrogen) atoms. The lowest BCUT2D eigenvalue weighted by Gasteiger charge is -2.33. The number of benzene rings is 1. The number of carbonyl (C=O) groups is 1. The van der Waals surface area contributed by atoms with Crippen LogP contribution in [-0.4, -0.2) is 78.9 Å². The van der Waals surface area contributed by atoms with Gasteiger partial charge in [0.1, 0.15) is 6.10 Å². The van der Waals surface area contributed by atoms with Crippen LogP contribution < -0.4 is 20.1 Å². The molecule has 3 atom stereocenters. The van der Waals surface area contributed by atoms with E-state index in [0.717, 1.165) is 50.6 Å². The molecule has 4 heterocycles. The van der Waals surface area contributed by atoms with Crippen molar-refractivity contribution < 1.29 is 28.6 Å². The van der Waals surface area contributed by atoms with Crippen LogP contribution in [-0.2, 0) is 17.7 Å². The van der Waals surface area contributed by atoms with Gasteiger partial charge in [-0.1, -0.05) is 5.16 Å². The summed E-state index contributed by atoms with van der Waals surface area (Å²) in [6.07, 6.45) is 0.768. The highest BCUT2D eigenvalue weighted by Gasteiger charge is 2.31. The minimum absolute atomic E-state index is 0.0852. The first-order valence-electron chi connectivity index (χ1n) is 11.5. The van der Waals surface area contributed by atoms with Gasteiger partial charge in [0, 0.05) is 50.8 Å². The second-order valence-corrected chi connectivity index (χ2v) is 8.73. The molecule has 3 aliphatic rings. The van der Waals surface area contributed by atoms with E-state index in [9.17, 15) is 9.90 Å². The topological polar surface area (TPSA) is 118 Å². The van der Waals surface area contributed by atoms with Crippen LogP contribution in [0.15, 0.2) is 28.8 Å². The summed E-state index contributed by atoms with van der Waals surface area (Å²) in [6.45, 7) is 5.12. The van der Waals surface area contributed by atoms with Crippen LogP contribution in [0.2, 0.25) is 0 Å². The van der Waals surface area contributed by atoms with Crippen molar-refractivity contribution in [2.75, 3.05) is 39.5 Å². The molecule has 0 unspecified atom stereocenters. The summed E-state index contributed by atoms with van der Waals surface area (Å²) < 4.78 is 22.2. The second-order valence-electron chi connectivity index (χ2n) is 8.73. The van der Waals surface area contributed by atoms with Gasteiger partial charge in [0.05, 0.1) is 24.4 Å². The van der Waals surface area contributed by atoms with Gasteiger partial charge in [-0.05, 0) is 31.0 Å². The first-order chi connectivity index (χ1) is 16.1. The molecule has 2 fully saturated rings. The van der Waals surface area contributed by atoms with Gasteiger partial charge in [-0.2, -0.15) is 0 Å². The van der Waals surface area contributed by atoms with Gasteiger partial charge in [0.25, 0.3) is 5.91 Å². The van der Waals surface area contributed by atoms with Gasteiger partial charge < -0.3 is 34.5 Å². The maximum atomic E-state index is 12.6. The van der Waals surface area contributed by atoms with Crippen LogP contribution in [0, 0.1) is 0 Å². The van der Waals surface area contributed by atoms with Crippen LogP contribution in [0.25, 0.3) is 0 Å². The second kappa shape index (κ2) is 10.1. The van der Waals surface area contributed by atoms with Crippen molar-refractivity contribution in [2.45, 2.75) is 44.1 Å². The Morgan fingerprint density at radius 1 is 1.18 bits per heavy atom. The van der Waals surface area contributed by atoms with Crippen molar-refractivity contribution in [2.24, 2.45) is 0 Å². The van der Waals surface area contributed by atoms with Crippen LogP contribution in [0.4, 0.5) is 0 Å². The summed E-state index contributed by atoms with van der Waals surface area (Å²) >= 11 is 0. The lowest BCUT2D eigenvalue weighted by atomic mass is 9.98. The molecule has 1 aromatic carbocycles. The minimum Gasteiger partial charge on any atom is -0.454 e. The third-order valence-corrected chi connectivity index (χ3v) is 6.31. The Balaban J connectivity index is 1.12. The number of rotatable bonds is 7. The fraction of sp³-hybridized carbons (Fsp3) is 0.565. The van der Waals surface area contributed by atoms with Crippen molar-refractivity contribution >= 4 is 5.91 Å². The van der Waals surface area contributed by atoms with E-state index in [1.54, 1.807) is 18.2 Å². The highest BCUT2D eigenvalue weighted by molar-refractivity contribution is 5.94. The Morgan fingerprint density at radius 3 is 2.91 bits per heavy atom. The number of ether oxygens (including phenoxy) is 3. The maximum absolute atomic E-state index is 12.6. The van der Waals surface area contributed by atoms with E-state index in [1.807, 2.05) is 6.07 Å². The molecule has 2 saturated heterocycles. The quantitative estimate of drug-likeness (QED) is 0.551. The lowest BCUT2D eigenvalue weighted by Crippen LogP contribution is -2.46. The van der Waals surface area contributed by atoms with Crippen molar-refractivity contribution in [1.82, 2.24) is 20.7 Å². The van der Waals surface area contributed by atoms with Crippen LogP contribution in [0.1, 0.15) is 34.7 Å². The third kappa shape index (κ3) is 5.47. The fourth-order valence-electron chi connectivity index (χ4n) is 4.47. The minimum atomic E-state index is -0.626. The van der Waals surface area contributed by atoms with E-state index in [4.69, 9.17) is 18.7 Å². The molecule has 0 saturated carbocycles. The number of aliphatic hydroxyl groups is 1. The van der Waals surface area contributed by atoms with Crippen molar-refractivity contribution in [3.63, 3.8) is 0 Å². The molecule has 5 rings (SSSR count). The Kier molecular flexibility index (Phi) is 6.77. The molecule has 2 aromatic rings. The predicted octanol–water partition coefficient (Wildman–Crippen LogP) is 0.689. The Labute approximate surface area is 192 Å². The lowest BCUT2D eigenvalue weighted by molar-refractivity contribution is -0.114. The zero-order valence-electron chi connectivity index (χ0n) is 18.5. The van der Waals surface area contributed by atoms with E-state index >= 15 is 0 Å². The molecule has 0 spiro atoms. The first-order valence-corrected chi connectivity index (χ1v) is 11.5. The van der Waals surface area contributed by atoms with Crippen molar-refractivity contribution in [3.05, 3.63) is 41.3 Å². The molecule has 1 aromatic heterocycles. The number of piperazine rings is 1. The SMILES string of the molecule is O=C(NC[C@H]1O[C@H](Cc2cc(CN3CCNCC3)on2)CC[C@@H]1O)c1ccc2c(c1)OCO2. The number of amides is 1. The number of carbonyl (C=O) groups excluding carboxylic acids is 1. The zero-order chi connectivity index (χ0) is 22.6. The molecule has 3 N–H and O–H groups in total. The summed E-state index contributed by atoms with van der Waals surface area (Å²) in [7, 11) is 0. The van der Waals surface area contributed by atoms with Crippen LogP contribution in [0.5, 0.6) is 11.5 Å². The molecule has 3 aliphatic heterocycles. The van der Waals surface area contributed by atoms with E-state index in [1.165, 1.54) is 0 Å². The maximum Gasteiger partial charge on any atom is 0.251 e. The van der Waals surface area contributed by atoms with Gasteiger partial charge in [-0.15, -0.1) is 0 Å². The zero-order valence-corrected chi connectivity index (χ0v) is 18.5. The summed E-state index contributed by atoms with van der Waals surface area (Å²) in [4.78, 5) is 14.9. The van der Waals surface area contributed by atoms with E-state index < -0.39 is 12.2 Å². The molecule has 0 radical (unpaired) electrons. The van der Waals surface area contributed by atoms with Gasteiger partial charge >= 0.3 is 0 Å². The molecule has 10 heteroatoms. The predicted molar refractivity (Wildman–Crippen MR) is 117 cm³/mol.